The molecule has 1 aliphatic heterocycles. The van der Waals surface area contributed by atoms with Crippen molar-refractivity contribution in [2.45, 2.75) is 26.7 Å². The molecule has 0 aliphatic carbocycles. The first kappa shape index (κ1) is 16.9. The summed E-state index contributed by atoms with van der Waals surface area (Å²) in [6.45, 7) is 7.13. The maximum absolute atomic E-state index is 12.3. The van der Waals surface area contributed by atoms with E-state index in [0.717, 1.165) is 19.5 Å². The summed E-state index contributed by atoms with van der Waals surface area (Å²) in [5.74, 6) is 0.278. The Kier molecular flexibility index (Phi) is 6.95. The van der Waals surface area contributed by atoms with Crippen molar-refractivity contribution in [3.63, 3.8) is 0 Å². The number of carbonyl (C=O) groups excluding carboxylic acids is 2. The monoisotopic (exact) mass is 285 g/mol. The van der Waals surface area contributed by atoms with Gasteiger partial charge >= 0.3 is 0 Å². The van der Waals surface area contributed by atoms with E-state index in [4.69, 9.17) is 4.74 Å². The van der Waals surface area contributed by atoms with E-state index in [1.807, 2.05) is 0 Å². The number of amides is 2. The standard InChI is InChI=1S/C14H27N3O3/c1-11(2)14(5-7-15-10-14)13(19)17-6-4-12(18)16-8-9-20-3/h11,15H,4-10H2,1-3H3,(H,16,18)(H,17,19). The quantitative estimate of drug-likeness (QED) is 0.544. The van der Waals surface area contributed by atoms with Crippen molar-refractivity contribution in [2.24, 2.45) is 11.3 Å². The van der Waals surface area contributed by atoms with Crippen molar-refractivity contribution in [3.8, 4) is 0 Å². The highest BCUT2D eigenvalue weighted by atomic mass is 16.5. The molecule has 0 aromatic carbocycles. The first-order valence-electron chi connectivity index (χ1n) is 7.27. The zero-order valence-electron chi connectivity index (χ0n) is 12.8. The van der Waals surface area contributed by atoms with E-state index in [1.165, 1.54) is 0 Å². The first-order valence-corrected chi connectivity index (χ1v) is 7.27. The summed E-state index contributed by atoms with van der Waals surface area (Å²) < 4.78 is 4.85. The van der Waals surface area contributed by atoms with Gasteiger partial charge in [-0.3, -0.25) is 9.59 Å². The highest BCUT2D eigenvalue weighted by Gasteiger charge is 2.43. The van der Waals surface area contributed by atoms with Gasteiger partial charge in [0.25, 0.3) is 0 Å². The minimum absolute atomic E-state index is 0.0576. The van der Waals surface area contributed by atoms with Crippen LogP contribution in [-0.2, 0) is 14.3 Å². The minimum atomic E-state index is -0.327. The second-order valence-corrected chi connectivity index (χ2v) is 5.59. The summed E-state index contributed by atoms with van der Waals surface area (Å²) >= 11 is 0. The SMILES string of the molecule is COCCNC(=O)CCNC(=O)C1(C(C)C)CCNC1. The molecule has 1 heterocycles. The third kappa shape index (κ3) is 4.45. The molecule has 1 rings (SSSR count). The number of hydrogen-bond donors (Lipinski definition) is 3. The summed E-state index contributed by atoms with van der Waals surface area (Å²) in [7, 11) is 1.59. The zero-order valence-corrected chi connectivity index (χ0v) is 12.8. The average Bonchev–Trinajstić information content (AvgIpc) is 2.89. The van der Waals surface area contributed by atoms with Gasteiger partial charge in [-0.05, 0) is 18.9 Å². The smallest absolute Gasteiger partial charge is 0.227 e. The zero-order chi connectivity index (χ0) is 15.0. The number of hydrogen-bond acceptors (Lipinski definition) is 4. The highest BCUT2D eigenvalue weighted by Crippen LogP contribution is 2.34. The Labute approximate surface area is 121 Å². The van der Waals surface area contributed by atoms with Crippen LogP contribution < -0.4 is 16.0 Å². The summed E-state index contributed by atoms with van der Waals surface area (Å²) in [5.41, 5.74) is -0.327. The average molecular weight is 285 g/mol. The molecule has 0 aromatic rings. The molecular formula is C14H27N3O3. The van der Waals surface area contributed by atoms with E-state index in [0.29, 0.717) is 26.1 Å². The van der Waals surface area contributed by atoms with Crippen molar-refractivity contribution in [2.75, 3.05) is 39.9 Å². The van der Waals surface area contributed by atoms with Crippen LogP contribution in [-0.4, -0.2) is 51.7 Å². The summed E-state index contributed by atoms with van der Waals surface area (Å²) in [5, 5.41) is 8.88. The lowest BCUT2D eigenvalue weighted by Gasteiger charge is -2.31. The molecule has 1 atom stereocenters. The number of rotatable bonds is 8. The van der Waals surface area contributed by atoms with Crippen LogP contribution in [0.25, 0.3) is 0 Å². The molecule has 3 N–H and O–H groups in total. The van der Waals surface area contributed by atoms with E-state index in [9.17, 15) is 9.59 Å². The molecule has 116 valence electrons. The Morgan fingerprint density at radius 1 is 1.30 bits per heavy atom. The van der Waals surface area contributed by atoms with Crippen LogP contribution in [0.4, 0.5) is 0 Å². The van der Waals surface area contributed by atoms with Crippen LogP contribution in [0.3, 0.4) is 0 Å². The molecule has 0 aromatic heterocycles. The van der Waals surface area contributed by atoms with Crippen LogP contribution in [0.15, 0.2) is 0 Å². The molecule has 0 bridgehead atoms. The van der Waals surface area contributed by atoms with Crippen LogP contribution in [0.1, 0.15) is 26.7 Å². The summed E-state index contributed by atoms with van der Waals surface area (Å²) in [6, 6.07) is 0. The Balaban J connectivity index is 2.30. The van der Waals surface area contributed by atoms with Gasteiger partial charge in [0.05, 0.1) is 12.0 Å². The molecule has 20 heavy (non-hydrogen) atoms. The van der Waals surface area contributed by atoms with Crippen molar-refractivity contribution >= 4 is 11.8 Å². The molecular weight excluding hydrogens is 258 g/mol. The third-order valence-corrected chi connectivity index (χ3v) is 4.01. The van der Waals surface area contributed by atoms with E-state index < -0.39 is 0 Å². The molecule has 2 amide bonds. The normalized spacial score (nSPS) is 22.0. The molecule has 0 saturated carbocycles. The van der Waals surface area contributed by atoms with Gasteiger partial charge in [-0.2, -0.15) is 0 Å². The van der Waals surface area contributed by atoms with Gasteiger partial charge < -0.3 is 20.7 Å². The van der Waals surface area contributed by atoms with Gasteiger partial charge in [0.15, 0.2) is 0 Å². The van der Waals surface area contributed by atoms with Crippen LogP contribution in [0.2, 0.25) is 0 Å². The first-order chi connectivity index (χ1) is 9.53. The lowest BCUT2D eigenvalue weighted by atomic mass is 9.75. The molecule has 1 aliphatic rings. The number of nitrogens with one attached hydrogen (secondary N) is 3. The largest absolute Gasteiger partial charge is 0.383 e. The van der Waals surface area contributed by atoms with Crippen molar-refractivity contribution < 1.29 is 14.3 Å². The predicted molar refractivity (Wildman–Crippen MR) is 77.3 cm³/mol. The Hall–Kier alpha value is -1.14. The molecule has 1 unspecified atom stereocenters. The predicted octanol–water partition coefficient (Wildman–Crippen LogP) is -0.109. The third-order valence-electron chi connectivity index (χ3n) is 4.01. The van der Waals surface area contributed by atoms with Gasteiger partial charge in [-0.25, -0.2) is 0 Å². The fourth-order valence-electron chi connectivity index (χ4n) is 2.51. The number of carbonyl (C=O) groups is 2. The molecule has 0 radical (unpaired) electrons. The molecule has 6 heteroatoms. The van der Waals surface area contributed by atoms with E-state index in [1.54, 1.807) is 7.11 Å². The maximum atomic E-state index is 12.3. The van der Waals surface area contributed by atoms with Crippen molar-refractivity contribution in [1.29, 1.82) is 0 Å². The van der Waals surface area contributed by atoms with Gasteiger partial charge in [-0.1, -0.05) is 13.8 Å². The molecule has 6 nitrogen and oxygen atoms in total. The van der Waals surface area contributed by atoms with E-state index in [-0.39, 0.29) is 23.1 Å². The lowest BCUT2D eigenvalue weighted by Crippen LogP contribution is -2.46. The van der Waals surface area contributed by atoms with Crippen LogP contribution >= 0.6 is 0 Å². The molecule has 0 spiro atoms. The fourth-order valence-corrected chi connectivity index (χ4v) is 2.51. The van der Waals surface area contributed by atoms with Gasteiger partial charge in [0.2, 0.25) is 11.8 Å². The molecule has 1 fully saturated rings. The fraction of sp³-hybridized carbons (Fsp3) is 0.857. The second-order valence-electron chi connectivity index (χ2n) is 5.59. The number of ether oxygens (including phenoxy) is 1. The molecule has 1 saturated heterocycles. The van der Waals surface area contributed by atoms with Gasteiger partial charge in [-0.15, -0.1) is 0 Å². The Bertz CT molecular complexity index is 326. The van der Waals surface area contributed by atoms with Crippen molar-refractivity contribution in [1.82, 2.24) is 16.0 Å². The van der Waals surface area contributed by atoms with Gasteiger partial charge in [0.1, 0.15) is 0 Å². The number of methoxy groups -OCH3 is 1. The topological polar surface area (TPSA) is 79.5 Å². The van der Waals surface area contributed by atoms with Crippen LogP contribution in [0.5, 0.6) is 0 Å². The highest BCUT2D eigenvalue weighted by molar-refractivity contribution is 5.84. The van der Waals surface area contributed by atoms with Crippen molar-refractivity contribution in [3.05, 3.63) is 0 Å². The Morgan fingerprint density at radius 3 is 2.60 bits per heavy atom. The van der Waals surface area contributed by atoms with Gasteiger partial charge in [0, 0.05) is 33.2 Å². The van der Waals surface area contributed by atoms with E-state index in [2.05, 4.69) is 29.8 Å². The summed E-state index contributed by atoms with van der Waals surface area (Å²) in [6.07, 6.45) is 1.16. The minimum Gasteiger partial charge on any atom is -0.383 e. The second kappa shape index (κ2) is 8.21. The maximum Gasteiger partial charge on any atom is 0.227 e. The van der Waals surface area contributed by atoms with E-state index >= 15 is 0 Å². The lowest BCUT2D eigenvalue weighted by molar-refractivity contribution is -0.132. The Morgan fingerprint density at radius 2 is 2.05 bits per heavy atom. The summed E-state index contributed by atoms with van der Waals surface area (Å²) in [4.78, 5) is 23.9. The van der Waals surface area contributed by atoms with Crippen LogP contribution in [0, 0.1) is 11.3 Å².